The van der Waals surface area contributed by atoms with Crippen LogP contribution < -0.4 is 5.73 Å². The number of ether oxygens (including phenoxy) is 2. The van der Waals surface area contributed by atoms with E-state index in [-0.39, 0.29) is 32.6 Å². The van der Waals surface area contributed by atoms with Crippen LogP contribution in [0.3, 0.4) is 0 Å². The summed E-state index contributed by atoms with van der Waals surface area (Å²) in [6, 6.07) is 0. The summed E-state index contributed by atoms with van der Waals surface area (Å²) < 4.78 is 32.5. The molecular weight excluding hydrogens is 681 g/mol. The van der Waals surface area contributed by atoms with Gasteiger partial charge in [-0.25, -0.2) is 4.57 Å². The Hall–Kier alpha value is -2.85. The van der Waals surface area contributed by atoms with Crippen molar-refractivity contribution in [3.63, 3.8) is 0 Å². The molecule has 0 rings (SSSR count). The summed E-state index contributed by atoms with van der Waals surface area (Å²) in [5.74, 6) is -1.03. The van der Waals surface area contributed by atoms with Crippen molar-refractivity contribution >= 4 is 19.8 Å². The molecule has 0 saturated heterocycles. The number of hydrogen-bond donors (Lipinski definition) is 3. The molecule has 4 N–H and O–H groups in total. The number of rotatable bonds is 34. The first-order chi connectivity index (χ1) is 25.2. The summed E-state index contributed by atoms with van der Waals surface area (Å²) in [7, 11) is -4.43. The molecule has 0 saturated carbocycles. The molecule has 0 amide bonds. The summed E-state index contributed by atoms with van der Waals surface area (Å²) in [6.07, 6.45) is 40.8. The summed E-state index contributed by atoms with van der Waals surface area (Å²) >= 11 is 0. The van der Waals surface area contributed by atoms with E-state index in [1.807, 2.05) is 12.2 Å². The van der Waals surface area contributed by atoms with Crippen LogP contribution in [0.15, 0.2) is 85.1 Å². The van der Waals surface area contributed by atoms with Crippen molar-refractivity contribution in [2.45, 2.75) is 135 Å². The van der Waals surface area contributed by atoms with Gasteiger partial charge in [-0.3, -0.25) is 18.6 Å². The van der Waals surface area contributed by atoms with Crippen molar-refractivity contribution in [2.75, 3.05) is 26.4 Å². The second-order valence-corrected chi connectivity index (χ2v) is 13.7. The second kappa shape index (κ2) is 36.5. The number of aliphatic hydroxyl groups excluding tert-OH is 1. The Morgan fingerprint density at radius 1 is 0.692 bits per heavy atom. The number of aliphatic hydroxyl groups is 1. The lowest BCUT2D eigenvalue weighted by Crippen LogP contribution is -2.29. The average Bonchev–Trinajstić information content (AvgIpc) is 3.12. The van der Waals surface area contributed by atoms with Crippen molar-refractivity contribution in [1.82, 2.24) is 0 Å². The SMILES string of the molecule is CC/C=C\C/C=C\C/C=C\C/C=C\C=C/C(O)C/C=C\CCC(=O)O[C@H](COC(=O)CCCCCCC/C=C\CCCC)COP(=O)(O)OCCN. The van der Waals surface area contributed by atoms with Gasteiger partial charge in [-0.05, 0) is 64.2 Å². The van der Waals surface area contributed by atoms with Gasteiger partial charge in [0.05, 0.1) is 19.3 Å². The fourth-order valence-corrected chi connectivity index (χ4v) is 5.25. The van der Waals surface area contributed by atoms with Crippen LogP contribution in [-0.2, 0) is 32.7 Å². The summed E-state index contributed by atoms with van der Waals surface area (Å²) in [6.45, 7) is 3.32. The van der Waals surface area contributed by atoms with Gasteiger partial charge in [-0.15, -0.1) is 0 Å². The van der Waals surface area contributed by atoms with E-state index < -0.39 is 38.6 Å². The Morgan fingerprint density at radius 2 is 1.33 bits per heavy atom. The lowest BCUT2D eigenvalue weighted by Gasteiger charge is -2.19. The Morgan fingerprint density at radius 3 is 2.02 bits per heavy atom. The molecule has 0 aromatic carbocycles. The minimum atomic E-state index is -4.43. The fraction of sp³-hybridized carbons (Fsp3) is 0.610. The van der Waals surface area contributed by atoms with Crippen molar-refractivity contribution in [3.8, 4) is 0 Å². The van der Waals surface area contributed by atoms with Crippen molar-refractivity contribution in [1.29, 1.82) is 0 Å². The third-order valence-corrected chi connectivity index (χ3v) is 8.34. The van der Waals surface area contributed by atoms with Gasteiger partial charge in [0.15, 0.2) is 6.10 Å². The quantitative estimate of drug-likeness (QED) is 0.0191. The number of esters is 2. The van der Waals surface area contributed by atoms with Crippen LogP contribution in [0.5, 0.6) is 0 Å². The molecule has 0 aromatic rings. The maximum atomic E-state index is 12.5. The zero-order valence-electron chi connectivity index (χ0n) is 31.9. The number of carbonyl (C=O) groups excluding carboxylic acids is 2. The molecule has 296 valence electrons. The van der Waals surface area contributed by atoms with E-state index in [0.717, 1.165) is 64.2 Å². The smallest absolute Gasteiger partial charge is 0.462 e. The van der Waals surface area contributed by atoms with Crippen LogP contribution in [0.2, 0.25) is 0 Å². The molecule has 52 heavy (non-hydrogen) atoms. The Kier molecular flexibility index (Phi) is 34.5. The number of phosphoric acid groups is 1. The Balaban J connectivity index is 4.50. The molecule has 10 nitrogen and oxygen atoms in total. The maximum absolute atomic E-state index is 12.5. The molecule has 0 aliphatic carbocycles. The zero-order chi connectivity index (χ0) is 38.4. The first kappa shape index (κ1) is 49.1. The normalized spacial score (nSPS) is 14.9. The largest absolute Gasteiger partial charge is 0.472 e. The van der Waals surface area contributed by atoms with E-state index in [9.17, 15) is 24.2 Å². The van der Waals surface area contributed by atoms with Gasteiger partial charge < -0.3 is 25.2 Å². The highest BCUT2D eigenvalue weighted by Gasteiger charge is 2.25. The van der Waals surface area contributed by atoms with Crippen LogP contribution in [0.25, 0.3) is 0 Å². The molecule has 0 bridgehead atoms. The maximum Gasteiger partial charge on any atom is 0.472 e. The minimum absolute atomic E-state index is 0.0177. The van der Waals surface area contributed by atoms with E-state index in [2.05, 4.69) is 62.5 Å². The van der Waals surface area contributed by atoms with Crippen LogP contribution in [0.4, 0.5) is 0 Å². The van der Waals surface area contributed by atoms with E-state index in [4.69, 9.17) is 24.3 Å². The van der Waals surface area contributed by atoms with Gasteiger partial charge in [0.25, 0.3) is 0 Å². The van der Waals surface area contributed by atoms with E-state index >= 15 is 0 Å². The first-order valence-corrected chi connectivity index (χ1v) is 20.7. The predicted molar refractivity (Wildman–Crippen MR) is 211 cm³/mol. The van der Waals surface area contributed by atoms with Gasteiger partial charge in [0, 0.05) is 19.4 Å². The second-order valence-electron chi connectivity index (χ2n) is 12.3. The van der Waals surface area contributed by atoms with E-state index in [0.29, 0.717) is 19.3 Å². The molecule has 0 spiro atoms. The number of phosphoric ester groups is 1. The van der Waals surface area contributed by atoms with Gasteiger partial charge in [0.1, 0.15) is 6.61 Å². The van der Waals surface area contributed by atoms with Crippen molar-refractivity contribution in [2.24, 2.45) is 5.73 Å². The van der Waals surface area contributed by atoms with Crippen LogP contribution in [0, 0.1) is 0 Å². The minimum Gasteiger partial charge on any atom is -0.462 e. The van der Waals surface area contributed by atoms with Gasteiger partial charge >= 0.3 is 19.8 Å². The molecule has 0 aliphatic rings. The molecule has 2 unspecified atom stereocenters. The van der Waals surface area contributed by atoms with Crippen LogP contribution >= 0.6 is 7.82 Å². The zero-order valence-corrected chi connectivity index (χ0v) is 32.8. The highest BCUT2D eigenvalue weighted by molar-refractivity contribution is 7.47. The monoisotopic (exact) mass is 749 g/mol. The summed E-state index contributed by atoms with van der Waals surface area (Å²) in [4.78, 5) is 34.7. The highest BCUT2D eigenvalue weighted by Crippen LogP contribution is 2.43. The van der Waals surface area contributed by atoms with Gasteiger partial charge in [-0.2, -0.15) is 0 Å². The highest BCUT2D eigenvalue weighted by atomic mass is 31.2. The first-order valence-electron chi connectivity index (χ1n) is 19.2. The molecule has 0 radical (unpaired) electrons. The molecule has 11 heteroatoms. The third kappa shape index (κ3) is 35.5. The molecule has 0 fully saturated rings. The predicted octanol–water partition coefficient (Wildman–Crippen LogP) is 9.46. The molecule has 0 aromatic heterocycles. The van der Waals surface area contributed by atoms with Crippen LogP contribution in [-0.4, -0.2) is 60.5 Å². The lowest BCUT2D eigenvalue weighted by atomic mass is 10.1. The number of unbranched alkanes of at least 4 members (excludes halogenated alkanes) is 7. The van der Waals surface area contributed by atoms with Gasteiger partial charge in [-0.1, -0.05) is 131 Å². The molecule has 3 atom stereocenters. The third-order valence-electron chi connectivity index (χ3n) is 7.36. The van der Waals surface area contributed by atoms with Gasteiger partial charge in [0.2, 0.25) is 0 Å². The number of allylic oxidation sites excluding steroid dienone is 12. The van der Waals surface area contributed by atoms with Crippen molar-refractivity contribution < 1.29 is 42.7 Å². The lowest BCUT2D eigenvalue weighted by molar-refractivity contribution is -0.161. The Bertz CT molecular complexity index is 1140. The standard InChI is InChI=1S/C41H68NO9P/c1-3-5-7-9-11-13-15-16-18-19-21-23-26-30-38(43)31-27-25-29-33-41(45)51-39(37-50-52(46,47)49-35-34-42)36-48-40(44)32-28-24-22-20-17-14-12-10-8-6-4-2/h5,7,10-13,16,18,21,23,25-27,30,38-39,43H,3-4,6,8-9,14-15,17,19-20,22,24,28-29,31-37,42H2,1-2H3,(H,46,47)/b7-5-,12-10-,13-11-,18-16-,23-21-,27-25-,30-26-/t38?,39-/m1/s1. The molecule has 0 heterocycles. The summed E-state index contributed by atoms with van der Waals surface area (Å²) in [5, 5.41) is 10.2. The molecular formula is C41H68NO9P. The average molecular weight is 750 g/mol. The number of hydrogen-bond acceptors (Lipinski definition) is 9. The van der Waals surface area contributed by atoms with E-state index in [1.165, 1.54) is 12.8 Å². The summed E-state index contributed by atoms with van der Waals surface area (Å²) in [5.41, 5.74) is 5.32. The van der Waals surface area contributed by atoms with E-state index in [1.54, 1.807) is 24.3 Å². The van der Waals surface area contributed by atoms with Crippen LogP contribution in [0.1, 0.15) is 123 Å². The molecule has 0 aliphatic heterocycles. The fourth-order valence-electron chi connectivity index (χ4n) is 4.49. The Labute approximate surface area is 314 Å². The number of carbonyl (C=O) groups is 2. The van der Waals surface area contributed by atoms with Crippen molar-refractivity contribution in [3.05, 3.63) is 85.1 Å². The topological polar surface area (TPSA) is 155 Å². The number of nitrogens with two attached hydrogens (primary N) is 1.